The lowest BCUT2D eigenvalue weighted by Crippen LogP contribution is -2.39. The number of hydrogen-bond acceptors (Lipinski definition) is 5. The highest BCUT2D eigenvalue weighted by atomic mass is 16.6. The average molecular weight is 322 g/mol. The third-order valence-corrected chi connectivity index (χ3v) is 4.24. The van der Waals surface area contributed by atoms with E-state index in [1.54, 1.807) is 25.0 Å². The Morgan fingerprint density at radius 3 is 2.83 bits per heavy atom. The molecule has 126 valence electrons. The Kier molecular flexibility index (Phi) is 4.63. The van der Waals surface area contributed by atoms with Crippen LogP contribution in [-0.4, -0.2) is 44.6 Å². The summed E-state index contributed by atoms with van der Waals surface area (Å²) < 4.78 is 15.3. The van der Waals surface area contributed by atoms with Crippen molar-refractivity contribution in [2.45, 2.75) is 31.9 Å². The van der Waals surface area contributed by atoms with Gasteiger partial charge in [0, 0.05) is 20.6 Å². The first-order valence-corrected chi connectivity index (χ1v) is 7.90. The van der Waals surface area contributed by atoms with E-state index in [0.29, 0.717) is 37.5 Å². The molecule has 23 heavy (non-hydrogen) atoms. The second kappa shape index (κ2) is 6.67. The molecule has 0 amide bonds. The van der Waals surface area contributed by atoms with Gasteiger partial charge >= 0.3 is 5.69 Å². The van der Waals surface area contributed by atoms with Crippen LogP contribution in [0.5, 0.6) is 0 Å². The van der Waals surface area contributed by atoms with Gasteiger partial charge in [0.15, 0.2) is 11.2 Å². The maximum absolute atomic E-state index is 12.5. The summed E-state index contributed by atoms with van der Waals surface area (Å²) in [7, 11) is 3.40. The van der Waals surface area contributed by atoms with Crippen molar-refractivity contribution in [3.8, 4) is 0 Å². The van der Waals surface area contributed by atoms with Crippen LogP contribution in [0.3, 0.4) is 0 Å². The van der Waals surface area contributed by atoms with Gasteiger partial charge in [-0.05, 0) is 19.3 Å². The number of aromatic nitrogens is 4. The van der Waals surface area contributed by atoms with Gasteiger partial charge in [-0.15, -0.1) is 0 Å². The van der Waals surface area contributed by atoms with Gasteiger partial charge in [-0.1, -0.05) is 0 Å². The predicted molar refractivity (Wildman–Crippen MR) is 84.6 cm³/mol. The molecule has 3 heterocycles. The lowest BCUT2D eigenvalue weighted by Gasteiger charge is -2.22. The monoisotopic (exact) mass is 322 g/mol. The number of rotatable bonds is 5. The Labute approximate surface area is 133 Å². The molecule has 0 bridgehead atoms. The largest absolute Gasteiger partial charge is 0.376 e. The van der Waals surface area contributed by atoms with Crippen LogP contribution in [0.4, 0.5) is 0 Å². The Balaban J connectivity index is 1.71. The number of fused-ring (bicyclic) bond motifs is 1. The van der Waals surface area contributed by atoms with Crippen LogP contribution >= 0.6 is 0 Å². The van der Waals surface area contributed by atoms with Crippen molar-refractivity contribution in [1.82, 2.24) is 18.7 Å². The molecule has 0 N–H and O–H groups in total. The van der Waals surface area contributed by atoms with E-state index in [1.807, 2.05) is 0 Å². The van der Waals surface area contributed by atoms with Gasteiger partial charge in [0.1, 0.15) is 0 Å². The summed E-state index contributed by atoms with van der Waals surface area (Å²) in [6, 6.07) is 0. The van der Waals surface area contributed by atoms with Crippen LogP contribution in [0.1, 0.15) is 19.3 Å². The SMILES string of the molecule is Cn1cnc2c1c(=O)n(CCCCC1COCCO1)c(=O)n2C. The van der Waals surface area contributed by atoms with Crippen molar-refractivity contribution in [1.29, 1.82) is 0 Å². The Morgan fingerprint density at radius 1 is 1.26 bits per heavy atom. The number of ether oxygens (including phenoxy) is 2. The maximum atomic E-state index is 12.5. The average Bonchev–Trinajstić information content (AvgIpc) is 2.95. The van der Waals surface area contributed by atoms with E-state index < -0.39 is 0 Å². The third-order valence-electron chi connectivity index (χ3n) is 4.24. The first-order valence-electron chi connectivity index (χ1n) is 7.90. The van der Waals surface area contributed by atoms with E-state index in [2.05, 4.69) is 4.98 Å². The molecular formula is C15H22N4O4. The maximum Gasteiger partial charge on any atom is 0.332 e. The second-order valence-corrected chi connectivity index (χ2v) is 5.89. The summed E-state index contributed by atoms with van der Waals surface area (Å²) in [6.07, 6.45) is 4.19. The molecule has 1 aliphatic heterocycles. The molecule has 0 spiro atoms. The van der Waals surface area contributed by atoms with Gasteiger partial charge in [0.05, 0.1) is 32.3 Å². The summed E-state index contributed by atoms with van der Waals surface area (Å²) in [5.41, 5.74) is 0.279. The molecule has 1 atom stereocenters. The van der Waals surface area contributed by atoms with Gasteiger partial charge in [0.25, 0.3) is 5.56 Å². The van der Waals surface area contributed by atoms with Crippen LogP contribution in [0.15, 0.2) is 15.9 Å². The second-order valence-electron chi connectivity index (χ2n) is 5.89. The summed E-state index contributed by atoms with van der Waals surface area (Å²) in [4.78, 5) is 29.0. The summed E-state index contributed by atoms with van der Waals surface area (Å²) in [5.74, 6) is 0. The molecular weight excluding hydrogens is 300 g/mol. The lowest BCUT2D eigenvalue weighted by atomic mass is 10.1. The Hall–Kier alpha value is -1.93. The summed E-state index contributed by atoms with van der Waals surface area (Å²) >= 11 is 0. The number of nitrogens with zero attached hydrogens (tertiary/aromatic N) is 4. The van der Waals surface area contributed by atoms with Crippen molar-refractivity contribution < 1.29 is 9.47 Å². The van der Waals surface area contributed by atoms with Crippen LogP contribution in [0.25, 0.3) is 11.2 Å². The van der Waals surface area contributed by atoms with E-state index >= 15 is 0 Å². The van der Waals surface area contributed by atoms with Gasteiger partial charge in [0.2, 0.25) is 0 Å². The molecule has 8 heteroatoms. The molecule has 0 saturated carbocycles. The molecule has 0 aliphatic carbocycles. The van der Waals surface area contributed by atoms with Crippen LogP contribution < -0.4 is 11.2 Å². The predicted octanol–water partition coefficient (Wildman–Crippen LogP) is 0.0194. The zero-order valence-corrected chi connectivity index (χ0v) is 13.5. The molecule has 1 saturated heterocycles. The van der Waals surface area contributed by atoms with E-state index in [-0.39, 0.29) is 17.4 Å². The Morgan fingerprint density at radius 2 is 2.09 bits per heavy atom. The Bertz CT molecular complexity index is 798. The number of unbranched alkanes of at least 4 members (excludes halogenated alkanes) is 1. The van der Waals surface area contributed by atoms with Crippen molar-refractivity contribution in [3.63, 3.8) is 0 Å². The van der Waals surface area contributed by atoms with E-state index in [0.717, 1.165) is 19.3 Å². The zero-order chi connectivity index (χ0) is 16.4. The van der Waals surface area contributed by atoms with Crippen LogP contribution in [0.2, 0.25) is 0 Å². The first kappa shape index (κ1) is 15.9. The van der Waals surface area contributed by atoms with E-state index in [1.165, 1.54) is 9.13 Å². The smallest absolute Gasteiger partial charge is 0.332 e. The zero-order valence-electron chi connectivity index (χ0n) is 13.5. The van der Waals surface area contributed by atoms with Gasteiger partial charge < -0.3 is 14.0 Å². The fourth-order valence-corrected chi connectivity index (χ4v) is 2.94. The van der Waals surface area contributed by atoms with E-state index in [9.17, 15) is 9.59 Å². The summed E-state index contributed by atoms with van der Waals surface area (Å²) in [5, 5.41) is 0. The van der Waals surface area contributed by atoms with Crippen molar-refractivity contribution in [3.05, 3.63) is 27.2 Å². The first-order chi connectivity index (χ1) is 11.1. The molecule has 8 nitrogen and oxygen atoms in total. The molecule has 2 aromatic rings. The standard InChI is InChI=1S/C15H22N4O4/c1-17-10-16-13-12(17)14(20)19(15(21)18(13)2)6-4-3-5-11-9-22-7-8-23-11/h10-11H,3-9H2,1-2H3. The normalized spacial score (nSPS) is 18.6. The van der Waals surface area contributed by atoms with Gasteiger partial charge in [-0.25, -0.2) is 9.78 Å². The molecule has 2 aromatic heterocycles. The van der Waals surface area contributed by atoms with Crippen LogP contribution in [0, 0.1) is 0 Å². The fraction of sp³-hybridized carbons (Fsp3) is 0.667. The van der Waals surface area contributed by atoms with Crippen molar-refractivity contribution in [2.75, 3.05) is 19.8 Å². The van der Waals surface area contributed by atoms with Gasteiger partial charge in [-0.2, -0.15) is 0 Å². The minimum atomic E-state index is -0.321. The highest BCUT2D eigenvalue weighted by Gasteiger charge is 2.16. The minimum absolute atomic E-state index is 0.128. The van der Waals surface area contributed by atoms with Gasteiger partial charge in [-0.3, -0.25) is 13.9 Å². The fourth-order valence-electron chi connectivity index (χ4n) is 2.94. The number of aryl methyl sites for hydroxylation is 2. The third kappa shape index (κ3) is 3.09. The highest BCUT2D eigenvalue weighted by molar-refractivity contribution is 5.69. The van der Waals surface area contributed by atoms with Crippen molar-refractivity contribution >= 4 is 11.2 Å². The number of imidazole rings is 1. The molecule has 3 rings (SSSR count). The highest BCUT2D eigenvalue weighted by Crippen LogP contribution is 2.10. The molecule has 0 aromatic carbocycles. The molecule has 0 radical (unpaired) electrons. The molecule has 1 fully saturated rings. The van der Waals surface area contributed by atoms with E-state index in [4.69, 9.17) is 9.47 Å². The topological polar surface area (TPSA) is 80.3 Å². The van der Waals surface area contributed by atoms with Crippen LogP contribution in [-0.2, 0) is 30.1 Å². The quantitative estimate of drug-likeness (QED) is 0.725. The lowest BCUT2D eigenvalue weighted by molar-refractivity contribution is -0.0912. The number of hydrogen-bond donors (Lipinski definition) is 0. The molecule has 1 aliphatic rings. The summed E-state index contributed by atoms with van der Waals surface area (Å²) in [6.45, 7) is 2.33. The van der Waals surface area contributed by atoms with Crippen molar-refractivity contribution in [2.24, 2.45) is 14.1 Å². The molecule has 1 unspecified atom stereocenters. The minimum Gasteiger partial charge on any atom is -0.376 e.